The molecule has 1 aromatic heterocycles. The number of carbonyl (C=O) groups excluding carboxylic acids is 2. The Hall–Kier alpha value is -3.13. The highest BCUT2D eigenvalue weighted by molar-refractivity contribution is 7.18. The number of nitro groups is 1. The van der Waals surface area contributed by atoms with Gasteiger partial charge in [0.25, 0.3) is 5.69 Å². The lowest BCUT2D eigenvalue weighted by molar-refractivity contribution is -0.385. The number of para-hydroxylation sites is 1. The molecular formula is C19H16N2O5S. The molecule has 0 bridgehead atoms. The normalized spacial score (nSPS) is 10.7. The quantitative estimate of drug-likeness (QED) is 0.265. The summed E-state index contributed by atoms with van der Waals surface area (Å²) in [6.45, 7) is 1.15. The van der Waals surface area contributed by atoms with Crippen molar-refractivity contribution in [1.82, 2.24) is 4.98 Å². The number of aryl methyl sites for hydroxylation is 2. The first-order chi connectivity index (χ1) is 12.9. The topological polar surface area (TPSA) is 99.4 Å². The van der Waals surface area contributed by atoms with E-state index in [1.807, 2.05) is 24.3 Å². The molecule has 138 valence electrons. The maximum absolute atomic E-state index is 12.1. The minimum absolute atomic E-state index is 0.112. The van der Waals surface area contributed by atoms with Crippen LogP contribution < -0.4 is 0 Å². The van der Waals surface area contributed by atoms with Crippen molar-refractivity contribution in [3.8, 4) is 0 Å². The summed E-state index contributed by atoms with van der Waals surface area (Å²) >= 11 is 1.52. The molecule has 3 aromatic rings. The number of thiazole rings is 1. The van der Waals surface area contributed by atoms with E-state index in [1.165, 1.54) is 29.5 Å². The van der Waals surface area contributed by atoms with Gasteiger partial charge in [-0.25, -0.2) is 4.98 Å². The number of hydrogen-bond donors (Lipinski definition) is 0. The predicted molar refractivity (Wildman–Crippen MR) is 101 cm³/mol. The van der Waals surface area contributed by atoms with Gasteiger partial charge in [0.05, 0.1) is 26.6 Å². The number of benzene rings is 2. The Morgan fingerprint density at radius 1 is 1.22 bits per heavy atom. The fourth-order valence-corrected chi connectivity index (χ4v) is 3.48. The van der Waals surface area contributed by atoms with Crippen molar-refractivity contribution in [1.29, 1.82) is 0 Å². The van der Waals surface area contributed by atoms with Crippen molar-refractivity contribution in [2.75, 3.05) is 6.61 Å². The minimum Gasteiger partial charge on any atom is -0.457 e. The summed E-state index contributed by atoms with van der Waals surface area (Å²) in [6, 6.07) is 11.9. The lowest BCUT2D eigenvalue weighted by atomic mass is 10.1. The fraction of sp³-hybridized carbons (Fsp3) is 0.211. The van der Waals surface area contributed by atoms with E-state index < -0.39 is 23.3 Å². The number of nitro benzene ring substituents is 1. The molecule has 0 saturated heterocycles. The first kappa shape index (κ1) is 18.7. The molecule has 8 heteroatoms. The Morgan fingerprint density at radius 3 is 2.74 bits per heavy atom. The van der Waals surface area contributed by atoms with Gasteiger partial charge in [0, 0.05) is 23.6 Å². The van der Waals surface area contributed by atoms with E-state index in [2.05, 4.69) is 4.98 Å². The van der Waals surface area contributed by atoms with E-state index >= 15 is 0 Å². The van der Waals surface area contributed by atoms with Crippen molar-refractivity contribution in [2.45, 2.75) is 19.8 Å². The van der Waals surface area contributed by atoms with Crippen LogP contribution in [0.25, 0.3) is 10.2 Å². The number of ether oxygens (including phenoxy) is 1. The minimum atomic E-state index is -0.546. The number of carbonyl (C=O) groups is 2. The van der Waals surface area contributed by atoms with Gasteiger partial charge in [-0.1, -0.05) is 24.3 Å². The predicted octanol–water partition coefficient (Wildman–Crippen LogP) is 3.87. The third-order valence-electron chi connectivity index (χ3n) is 3.97. The number of ketones is 1. The zero-order valence-electron chi connectivity index (χ0n) is 14.5. The van der Waals surface area contributed by atoms with Crippen molar-refractivity contribution in [3.05, 3.63) is 68.7 Å². The van der Waals surface area contributed by atoms with Crippen molar-refractivity contribution in [3.63, 3.8) is 0 Å². The number of aromatic nitrogens is 1. The fourth-order valence-electron chi connectivity index (χ4n) is 2.52. The molecule has 3 rings (SSSR count). The highest BCUT2D eigenvalue weighted by atomic mass is 32.1. The summed E-state index contributed by atoms with van der Waals surface area (Å²) in [7, 11) is 0. The van der Waals surface area contributed by atoms with E-state index in [0.29, 0.717) is 12.0 Å². The monoisotopic (exact) mass is 384 g/mol. The summed E-state index contributed by atoms with van der Waals surface area (Å²) < 4.78 is 6.06. The van der Waals surface area contributed by atoms with Crippen molar-refractivity contribution >= 4 is 39.0 Å². The molecule has 1 heterocycles. The van der Waals surface area contributed by atoms with Gasteiger partial charge in [-0.05, 0) is 19.1 Å². The van der Waals surface area contributed by atoms with E-state index in [1.54, 1.807) is 6.92 Å². The summed E-state index contributed by atoms with van der Waals surface area (Å²) in [6.07, 6.45) is 0.545. The molecule has 2 aromatic carbocycles. The number of hydrogen-bond acceptors (Lipinski definition) is 7. The van der Waals surface area contributed by atoms with E-state index in [9.17, 15) is 19.7 Å². The maximum Gasteiger partial charge on any atom is 0.306 e. The van der Waals surface area contributed by atoms with Gasteiger partial charge in [0.2, 0.25) is 5.78 Å². The SMILES string of the molecule is Cc1ccc(C(=O)COC(=O)CCc2nc3ccccc3s2)cc1[N+](=O)[O-]. The Bertz CT molecular complexity index is 995. The summed E-state index contributed by atoms with van der Waals surface area (Å²) in [5.74, 6) is -0.990. The number of esters is 1. The zero-order valence-corrected chi connectivity index (χ0v) is 15.3. The first-order valence-electron chi connectivity index (χ1n) is 8.22. The average Bonchev–Trinajstić information content (AvgIpc) is 3.07. The molecule has 0 spiro atoms. The van der Waals surface area contributed by atoms with Gasteiger partial charge in [-0.15, -0.1) is 11.3 Å². The first-order valence-corrected chi connectivity index (χ1v) is 9.04. The van der Waals surface area contributed by atoms with Gasteiger partial charge in [0.15, 0.2) is 6.61 Å². The lowest BCUT2D eigenvalue weighted by Gasteiger charge is -2.05. The van der Waals surface area contributed by atoms with E-state index in [0.717, 1.165) is 15.2 Å². The second-order valence-electron chi connectivity index (χ2n) is 5.92. The van der Waals surface area contributed by atoms with Gasteiger partial charge < -0.3 is 4.74 Å². The van der Waals surface area contributed by atoms with Crippen LogP contribution in [0.4, 0.5) is 5.69 Å². The van der Waals surface area contributed by atoms with Gasteiger partial charge in [-0.2, -0.15) is 0 Å². The second-order valence-corrected chi connectivity index (χ2v) is 7.03. The third kappa shape index (κ3) is 4.53. The van der Waals surface area contributed by atoms with E-state index in [-0.39, 0.29) is 17.7 Å². The summed E-state index contributed by atoms with van der Waals surface area (Å²) in [4.78, 5) is 38.9. The highest BCUT2D eigenvalue weighted by Gasteiger charge is 2.16. The van der Waals surface area contributed by atoms with Gasteiger partial charge in [-0.3, -0.25) is 19.7 Å². The molecule has 0 aliphatic carbocycles. The number of Topliss-reactive ketones (excluding diaryl/α,β-unsaturated/α-hetero) is 1. The summed E-state index contributed by atoms with van der Waals surface area (Å²) in [5.41, 5.74) is 1.36. The second kappa shape index (κ2) is 8.05. The Kier molecular flexibility index (Phi) is 5.56. The molecule has 0 N–H and O–H groups in total. The van der Waals surface area contributed by atoms with Crippen LogP contribution in [-0.4, -0.2) is 28.3 Å². The van der Waals surface area contributed by atoms with Crippen molar-refractivity contribution in [2.24, 2.45) is 0 Å². The molecule has 0 amide bonds. The number of rotatable bonds is 7. The van der Waals surface area contributed by atoms with Crippen molar-refractivity contribution < 1.29 is 19.2 Å². The zero-order chi connectivity index (χ0) is 19.4. The van der Waals surface area contributed by atoms with Crippen LogP contribution in [0.3, 0.4) is 0 Å². The van der Waals surface area contributed by atoms with Crippen LogP contribution in [0.15, 0.2) is 42.5 Å². The Labute approximate surface area is 158 Å². The summed E-state index contributed by atoms with van der Waals surface area (Å²) in [5, 5.41) is 11.8. The molecule has 0 aliphatic rings. The Balaban J connectivity index is 1.53. The van der Waals surface area contributed by atoms with E-state index in [4.69, 9.17) is 4.74 Å². The van der Waals surface area contributed by atoms with Gasteiger partial charge in [0.1, 0.15) is 0 Å². The molecule has 0 atom stereocenters. The molecule has 0 unspecified atom stereocenters. The van der Waals surface area contributed by atoms with Crippen LogP contribution in [0.2, 0.25) is 0 Å². The smallest absolute Gasteiger partial charge is 0.306 e. The van der Waals surface area contributed by atoms with Crippen LogP contribution in [0, 0.1) is 17.0 Å². The van der Waals surface area contributed by atoms with Gasteiger partial charge >= 0.3 is 5.97 Å². The molecule has 0 fully saturated rings. The Morgan fingerprint density at radius 2 is 2.00 bits per heavy atom. The van der Waals surface area contributed by atoms with Crippen LogP contribution in [0.1, 0.15) is 27.3 Å². The number of fused-ring (bicyclic) bond motifs is 1. The third-order valence-corrected chi connectivity index (χ3v) is 5.07. The molecular weight excluding hydrogens is 368 g/mol. The van der Waals surface area contributed by atoms with Crippen LogP contribution in [0.5, 0.6) is 0 Å². The maximum atomic E-state index is 12.1. The highest BCUT2D eigenvalue weighted by Crippen LogP contribution is 2.22. The molecule has 0 radical (unpaired) electrons. The van der Waals surface area contributed by atoms with Crippen LogP contribution in [-0.2, 0) is 16.0 Å². The molecule has 7 nitrogen and oxygen atoms in total. The molecule has 27 heavy (non-hydrogen) atoms. The lowest BCUT2D eigenvalue weighted by Crippen LogP contribution is -2.14. The average molecular weight is 384 g/mol. The molecule has 0 aliphatic heterocycles. The van der Waals surface area contributed by atoms with Crippen LogP contribution >= 0.6 is 11.3 Å². The molecule has 0 saturated carbocycles. The standard InChI is InChI=1S/C19H16N2O5S/c1-12-6-7-13(10-15(12)21(24)25)16(22)11-26-19(23)9-8-18-20-14-4-2-3-5-17(14)27-18/h2-7,10H,8-9,11H2,1H3. The number of nitrogens with zero attached hydrogens (tertiary/aromatic N) is 2. The largest absolute Gasteiger partial charge is 0.457 e.